The quantitative estimate of drug-likeness (QED) is 0.252. The average Bonchev–Trinajstić information content (AvgIpc) is 3.08. The van der Waals surface area contributed by atoms with Gasteiger partial charge in [0.05, 0.1) is 27.4 Å². The highest BCUT2D eigenvalue weighted by atomic mass is 127. The highest BCUT2D eigenvalue weighted by Crippen LogP contribution is 2.36. The lowest BCUT2D eigenvalue weighted by molar-refractivity contribution is -0.115. The number of carbonyl (C=O) groups is 1. The van der Waals surface area contributed by atoms with Crippen LogP contribution in [0, 0.1) is 3.57 Å². The van der Waals surface area contributed by atoms with E-state index in [1.807, 2.05) is 56.3 Å². The van der Waals surface area contributed by atoms with Gasteiger partial charge in [-0.1, -0.05) is 12.7 Å². The third-order valence-corrected chi connectivity index (χ3v) is 5.72. The molecule has 0 unspecified atom stereocenters. The van der Waals surface area contributed by atoms with E-state index in [9.17, 15) is 4.79 Å². The maximum Gasteiger partial charge on any atom is 0.264 e. The predicted molar refractivity (Wildman–Crippen MR) is 134 cm³/mol. The summed E-state index contributed by atoms with van der Waals surface area (Å²) >= 11 is 3.50. The topological polar surface area (TPSA) is 69.2 Å². The molecule has 1 aliphatic heterocycles. The number of nitrogens with one attached hydrogen (secondary N) is 1. The summed E-state index contributed by atoms with van der Waals surface area (Å²) in [6.07, 6.45) is 3.51. The Morgan fingerprint density at radius 1 is 1.13 bits per heavy atom. The first kappa shape index (κ1) is 23.2. The van der Waals surface area contributed by atoms with Crippen LogP contribution < -0.4 is 19.5 Å². The molecule has 1 saturated heterocycles. The van der Waals surface area contributed by atoms with E-state index < -0.39 is 0 Å². The molecule has 0 saturated carbocycles. The summed E-state index contributed by atoms with van der Waals surface area (Å²) in [5.74, 6) is 1.91. The Morgan fingerprint density at radius 3 is 2.55 bits per heavy atom. The van der Waals surface area contributed by atoms with Gasteiger partial charge in [0.1, 0.15) is 12.4 Å². The average molecular weight is 550 g/mol. The lowest BCUT2D eigenvalue weighted by Crippen LogP contribution is -2.19. The molecule has 1 heterocycles. The molecule has 6 nitrogen and oxygen atoms in total. The molecule has 8 heteroatoms. The molecule has 2 aromatic carbocycles. The fourth-order valence-corrected chi connectivity index (χ4v) is 4.37. The Balaban J connectivity index is 1.81. The van der Waals surface area contributed by atoms with Crippen LogP contribution in [0.15, 0.2) is 59.0 Å². The van der Waals surface area contributed by atoms with Gasteiger partial charge >= 0.3 is 0 Å². The molecule has 162 valence electrons. The summed E-state index contributed by atoms with van der Waals surface area (Å²) in [5, 5.41) is 3.35. The van der Waals surface area contributed by atoms with Crippen LogP contribution in [0.5, 0.6) is 17.2 Å². The van der Waals surface area contributed by atoms with Gasteiger partial charge in [0.25, 0.3) is 5.91 Å². The van der Waals surface area contributed by atoms with Crippen molar-refractivity contribution in [3.63, 3.8) is 0 Å². The summed E-state index contributed by atoms with van der Waals surface area (Å²) in [5.41, 5.74) is 1.59. The number of hydrogen-bond acceptors (Lipinski definition) is 6. The first-order valence-corrected chi connectivity index (χ1v) is 11.7. The minimum Gasteiger partial charge on any atom is -0.494 e. The van der Waals surface area contributed by atoms with Gasteiger partial charge in [0.15, 0.2) is 16.7 Å². The van der Waals surface area contributed by atoms with Crippen molar-refractivity contribution >= 4 is 57.2 Å². The summed E-state index contributed by atoms with van der Waals surface area (Å²) < 4.78 is 17.8. The molecular weight excluding hydrogens is 527 g/mol. The molecule has 0 radical (unpaired) electrons. The summed E-state index contributed by atoms with van der Waals surface area (Å²) in [7, 11) is 0. The van der Waals surface area contributed by atoms with Gasteiger partial charge in [-0.05, 0) is 96.2 Å². The maximum atomic E-state index is 12.5. The van der Waals surface area contributed by atoms with Gasteiger partial charge in [-0.3, -0.25) is 4.79 Å². The van der Waals surface area contributed by atoms with E-state index in [0.717, 1.165) is 20.6 Å². The van der Waals surface area contributed by atoms with Crippen molar-refractivity contribution in [2.45, 2.75) is 13.8 Å². The standard InChI is InChI=1S/C23H23IN2O4S/c1-4-11-30-21-18(24)12-15(13-19(21)29-6-3)14-20-22(27)26-23(31-20)25-16-7-9-17(10-8-16)28-5-2/h4,7-10,12-14H,1,5-6,11H2,2-3H3,(H,25,26,27)/b20-14+. The molecule has 0 atom stereocenters. The van der Waals surface area contributed by atoms with Crippen LogP contribution in [0.3, 0.4) is 0 Å². The van der Waals surface area contributed by atoms with Gasteiger partial charge in [-0.25, -0.2) is 4.99 Å². The number of hydrogen-bond donors (Lipinski definition) is 1. The number of amides is 1. The number of nitrogens with zero attached hydrogens (tertiary/aromatic N) is 1. The summed E-state index contributed by atoms with van der Waals surface area (Å²) in [6, 6.07) is 11.2. The van der Waals surface area contributed by atoms with Crippen molar-refractivity contribution in [2.75, 3.05) is 19.8 Å². The third-order valence-electron chi connectivity index (χ3n) is 4.00. The largest absolute Gasteiger partial charge is 0.494 e. The van der Waals surface area contributed by atoms with Gasteiger partial charge in [-0.2, -0.15) is 0 Å². The number of amidine groups is 1. The second-order valence-corrected chi connectivity index (χ2v) is 8.46. The van der Waals surface area contributed by atoms with Gasteiger partial charge < -0.3 is 19.5 Å². The van der Waals surface area contributed by atoms with Crippen molar-refractivity contribution in [1.29, 1.82) is 0 Å². The monoisotopic (exact) mass is 550 g/mol. The Morgan fingerprint density at radius 2 is 1.87 bits per heavy atom. The molecule has 1 amide bonds. The van der Waals surface area contributed by atoms with Crippen LogP contribution in [0.25, 0.3) is 6.08 Å². The van der Waals surface area contributed by atoms with Gasteiger partial charge in [0.2, 0.25) is 0 Å². The number of halogens is 1. The van der Waals surface area contributed by atoms with E-state index in [-0.39, 0.29) is 5.91 Å². The Hall–Kier alpha value is -2.46. The van der Waals surface area contributed by atoms with E-state index in [1.165, 1.54) is 11.8 Å². The SMILES string of the molecule is C=CCOc1c(I)cc(/C=C2/SC(=Nc3ccc(OCC)cc3)NC2=O)cc1OCC. The summed E-state index contributed by atoms with van der Waals surface area (Å²) in [4.78, 5) is 17.5. The highest BCUT2D eigenvalue weighted by Gasteiger charge is 2.24. The normalized spacial score (nSPS) is 15.8. The van der Waals surface area contributed by atoms with Crippen LogP contribution in [0.4, 0.5) is 5.69 Å². The van der Waals surface area contributed by atoms with Crippen molar-refractivity contribution in [1.82, 2.24) is 5.32 Å². The molecule has 1 fully saturated rings. The fourth-order valence-electron chi connectivity index (χ4n) is 2.75. The number of ether oxygens (including phenoxy) is 3. The second-order valence-electron chi connectivity index (χ2n) is 6.27. The smallest absolute Gasteiger partial charge is 0.264 e. The molecule has 0 bridgehead atoms. The van der Waals surface area contributed by atoms with E-state index in [2.05, 4.69) is 39.5 Å². The highest BCUT2D eigenvalue weighted by molar-refractivity contribution is 14.1. The Kier molecular flexibility index (Phi) is 8.42. The van der Waals surface area contributed by atoms with Crippen LogP contribution in [-0.4, -0.2) is 30.9 Å². The number of aliphatic imine (C=N–C) groups is 1. The molecule has 0 aliphatic carbocycles. The van der Waals surface area contributed by atoms with Crippen molar-refractivity contribution in [2.24, 2.45) is 4.99 Å². The van der Waals surface area contributed by atoms with Crippen LogP contribution in [-0.2, 0) is 4.79 Å². The molecule has 1 N–H and O–H groups in total. The Labute approximate surface area is 199 Å². The van der Waals surface area contributed by atoms with E-state index in [0.29, 0.717) is 41.4 Å². The molecule has 31 heavy (non-hydrogen) atoms. The second kappa shape index (κ2) is 11.2. The molecule has 1 aliphatic rings. The predicted octanol–water partition coefficient (Wildman–Crippen LogP) is 5.55. The third kappa shape index (κ3) is 6.27. The fraction of sp³-hybridized carbons (Fsp3) is 0.217. The summed E-state index contributed by atoms with van der Waals surface area (Å²) in [6.45, 7) is 9.04. The first-order chi connectivity index (χ1) is 15.0. The van der Waals surface area contributed by atoms with E-state index in [1.54, 1.807) is 6.08 Å². The molecule has 0 spiro atoms. The number of rotatable bonds is 9. The van der Waals surface area contributed by atoms with Gasteiger partial charge in [-0.15, -0.1) is 0 Å². The lowest BCUT2D eigenvalue weighted by atomic mass is 10.2. The molecule has 0 aromatic heterocycles. The zero-order valence-electron chi connectivity index (χ0n) is 17.3. The van der Waals surface area contributed by atoms with Crippen molar-refractivity contribution < 1.29 is 19.0 Å². The van der Waals surface area contributed by atoms with E-state index >= 15 is 0 Å². The molecular formula is C23H23IN2O4S. The number of carbonyl (C=O) groups excluding carboxylic acids is 1. The van der Waals surface area contributed by atoms with Crippen LogP contribution in [0.1, 0.15) is 19.4 Å². The first-order valence-electron chi connectivity index (χ1n) is 9.76. The van der Waals surface area contributed by atoms with Crippen molar-refractivity contribution in [3.8, 4) is 17.2 Å². The molecule has 2 aromatic rings. The zero-order chi connectivity index (χ0) is 22.2. The van der Waals surface area contributed by atoms with Crippen LogP contribution >= 0.6 is 34.4 Å². The number of thioether (sulfide) groups is 1. The van der Waals surface area contributed by atoms with E-state index in [4.69, 9.17) is 14.2 Å². The molecule has 3 rings (SSSR count). The number of benzene rings is 2. The maximum absolute atomic E-state index is 12.5. The zero-order valence-corrected chi connectivity index (χ0v) is 20.3. The minimum absolute atomic E-state index is 0.186. The van der Waals surface area contributed by atoms with Crippen molar-refractivity contribution in [3.05, 3.63) is 63.1 Å². The Bertz CT molecular complexity index is 1020. The minimum atomic E-state index is -0.186. The lowest BCUT2D eigenvalue weighted by Gasteiger charge is -2.13. The van der Waals surface area contributed by atoms with Crippen LogP contribution in [0.2, 0.25) is 0 Å². The van der Waals surface area contributed by atoms with Gasteiger partial charge in [0, 0.05) is 0 Å².